The molecule has 1 amide bonds. The molecule has 0 aromatic heterocycles. The molecular weight excluding hydrogens is 428 g/mol. The highest BCUT2D eigenvalue weighted by Crippen LogP contribution is 2.29. The van der Waals surface area contributed by atoms with Crippen molar-refractivity contribution in [1.29, 1.82) is 0 Å². The van der Waals surface area contributed by atoms with Crippen LogP contribution in [-0.4, -0.2) is 37.8 Å². The van der Waals surface area contributed by atoms with Gasteiger partial charge in [-0.3, -0.25) is 4.79 Å². The number of benzene rings is 3. The molecule has 0 fully saturated rings. The predicted molar refractivity (Wildman–Crippen MR) is 126 cm³/mol. The number of nitrogens with two attached hydrogens (primary N) is 1. The van der Waals surface area contributed by atoms with E-state index in [2.05, 4.69) is 0 Å². The SMILES string of the molecule is C=O.COc1cc(CN(CCN)C(=O)c2ccccc2)ccc1OCc1ccc(Cl)cc1. The van der Waals surface area contributed by atoms with Crippen molar-refractivity contribution in [2.45, 2.75) is 13.2 Å². The molecule has 0 bridgehead atoms. The summed E-state index contributed by atoms with van der Waals surface area (Å²) in [5, 5.41) is 0.688. The van der Waals surface area contributed by atoms with Crippen LogP contribution in [0.1, 0.15) is 21.5 Å². The number of carbonyl (C=O) groups is 2. The van der Waals surface area contributed by atoms with Gasteiger partial charge in [-0.15, -0.1) is 0 Å². The minimum absolute atomic E-state index is 0.0527. The van der Waals surface area contributed by atoms with Gasteiger partial charge in [-0.05, 0) is 47.5 Å². The van der Waals surface area contributed by atoms with Gasteiger partial charge in [0.15, 0.2) is 11.5 Å². The largest absolute Gasteiger partial charge is 0.493 e. The van der Waals surface area contributed by atoms with Gasteiger partial charge >= 0.3 is 0 Å². The third-order valence-corrected chi connectivity index (χ3v) is 4.87. The number of rotatable bonds is 9. The maximum Gasteiger partial charge on any atom is 0.254 e. The van der Waals surface area contributed by atoms with Gasteiger partial charge in [-0.1, -0.05) is 48.0 Å². The maximum absolute atomic E-state index is 12.8. The normalized spacial score (nSPS) is 9.97. The molecule has 0 heterocycles. The fourth-order valence-corrected chi connectivity index (χ4v) is 3.19. The third-order valence-electron chi connectivity index (χ3n) is 4.62. The van der Waals surface area contributed by atoms with E-state index in [0.717, 1.165) is 11.1 Å². The van der Waals surface area contributed by atoms with E-state index in [1.165, 1.54) is 0 Å². The van der Waals surface area contributed by atoms with E-state index in [0.29, 0.717) is 48.3 Å². The van der Waals surface area contributed by atoms with Crippen molar-refractivity contribution in [3.05, 3.63) is 94.5 Å². The van der Waals surface area contributed by atoms with Crippen LogP contribution in [0.2, 0.25) is 5.02 Å². The molecule has 3 aromatic rings. The first-order valence-electron chi connectivity index (χ1n) is 9.98. The summed E-state index contributed by atoms with van der Waals surface area (Å²) < 4.78 is 11.4. The van der Waals surface area contributed by atoms with Gasteiger partial charge < -0.3 is 24.9 Å². The van der Waals surface area contributed by atoms with E-state index in [1.54, 1.807) is 24.1 Å². The third kappa shape index (κ3) is 7.11. The van der Waals surface area contributed by atoms with Gasteiger partial charge in [0, 0.05) is 30.2 Å². The van der Waals surface area contributed by atoms with Crippen LogP contribution in [0.4, 0.5) is 0 Å². The summed E-state index contributed by atoms with van der Waals surface area (Å²) in [7, 11) is 1.60. The zero-order chi connectivity index (χ0) is 23.3. The molecular formula is C25H27ClN2O4. The lowest BCUT2D eigenvalue weighted by molar-refractivity contribution is -0.0980. The molecule has 0 radical (unpaired) electrons. The van der Waals surface area contributed by atoms with Crippen molar-refractivity contribution >= 4 is 24.3 Å². The maximum atomic E-state index is 12.8. The van der Waals surface area contributed by atoms with E-state index >= 15 is 0 Å². The zero-order valence-electron chi connectivity index (χ0n) is 18.0. The van der Waals surface area contributed by atoms with Crippen molar-refractivity contribution < 1.29 is 19.1 Å². The van der Waals surface area contributed by atoms with E-state index in [4.69, 9.17) is 31.6 Å². The summed E-state index contributed by atoms with van der Waals surface area (Å²) in [6.07, 6.45) is 0. The van der Waals surface area contributed by atoms with E-state index in [-0.39, 0.29) is 5.91 Å². The Hall–Kier alpha value is -3.35. The van der Waals surface area contributed by atoms with Crippen molar-refractivity contribution in [3.8, 4) is 11.5 Å². The number of halogens is 1. The van der Waals surface area contributed by atoms with Crippen LogP contribution in [0.25, 0.3) is 0 Å². The number of hydrogen-bond donors (Lipinski definition) is 1. The second-order valence-corrected chi connectivity index (χ2v) is 7.22. The Morgan fingerprint density at radius 1 is 0.969 bits per heavy atom. The average Bonchev–Trinajstić information content (AvgIpc) is 2.85. The van der Waals surface area contributed by atoms with Gasteiger partial charge in [0.2, 0.25) is 0 Å². The molecule has 0 unspecified atom stereocenters. The molecule has 32 heavy (non-hydrogen) atoms. The summed E-state index contributed by atoms with van der Waals surface area (Å²) in [5.41, 5.74) is 8.32. The highest BCUT2D eigenvalue weighted by atomic mass is 35.5. The van der Waals surface area contributed by atoms with Crippen LogP contribution >= 0.6 is 11.6 Å². The van der Waals surface area contributed by atoms with Gasteiger partial charge in [0.1, 0.15) is 13.4 Å². The van der Waals surface area contributed by atoms with Crippen molar-refractivity contribution in [2.24, 2.45) is 5.73 Å². The number of amides is 1. The van der Waals surface area contributed by atoms with Gasteiger partial charge in [0.25, 0.3) is 5.91 Å². The minimum Gasteiger partial charge on any atom is -0.493 e. The number of hydrogen-bond acceptors (Lipinski definition) is 5. The molecule has 2 N–H and O–H groups in total. The van der Waals surface area contributed by atoms with Crippen LogP contribution in [-0.2, 0) is 17.9 Å². The zero-order valence-corrected chi connectivity index (χ0v) is 18.8. The van der Waals surface area contributed by atoms with E-state index < -0.39 is 0 Å². The van der Waals surface area contributed by atoms with Crippen LogP contribution in [0, 0.1) is 0 Å². The second kappa shape index (κ2) is 13.1. The van der Waals surface area contributed by atoms with Gasteiger partial charge in [-0.25, -0.2) is 0 Å². The van der Waals surface area contributed by atoms with Crippen LogP contribution in [0.15, 0.2) is 72.8 Å². The molecule has 0 aliphatic heterocycles. The van der Waals surface area contributed by atoms with E-state index in [9.17, 15) is 4.79 Å². The first kappa shape index (κ1) is 24.9. The Kier molecular flexibility index (Phi) is 10.2. The molecule has 0 saturated heterocycles. The molecule has 7 heteroatoms. The Bertz CT molecular complexity index is 981. The van der Waals surface area contributed by atoms with Crippen molar-refractivity contribution in [2.75, 3.05) is 20.2 Å². The lowest BCUT2D eigenvalue weighted by Crippen LogP contribution is -2.34. The smallest absolute Gasteiger partial charge is 0.254 e. The molecule has 0 aliphatic rings. The summed E-state index contributed by atoms with van der Waals surface area (Å²) >= 11 is 5.92. The average molecular weight is 455 g/mol. The molecule has 3 aromatic carbocycles. The molecule has 0 aliphatic carbocycles. The summed E-state index contributed by atoms with van der Waals surface area (Å²) in [6, 6.07) is 22.4. The van der Waals surface area contributed by atoms with Crippen molar-refractivity contribution in [1.82, 2.24) is 4.90 Å². The van der Waals surface area contributed by atoms with E-state index in [1.807, 2.05) is 67.5 Å². The van der Waals surface area contributed by atoms with Crippen LogP contribution in [0.5, 0.6) is 11.5 Å². The Labute approximate surface area is 193 Å². The lowest BCUT2D eigenvalue weighted by Gasteiger charge is -2.23. The fraction of sp³-hybridized carbons (Fsp3) is 0.200. The highest BCUT2D eigenvalue weighted by Gasteiger charge is 2.16. The Morgan fingerprint density at radius 2 is 1.62 bits per heavy atom. The monoisotopic (exact) mass is 454 g/mol. The summed E-state index contributed by atoms with van der Waals surface area (Å²) in [6.45, 7) is 3.68. The van der Waals surface area contributed by atoms with Crippen molar-refractivity contribution in [3.63, 3.8) is 0 Å². The lowest BCUT2D eigenvalue weighted by atomic mass is 10.1. The molecule has 6 nitrogen and oxygen atoms in total. The van der Waals surface area contributed by atoms with Gasteiger partial charge in [-0.2, -0.15) is 0 Å². The minimum atomic E-state index is -0.0527. The molecule has 0 atom stereocenters. The highest BCUT2D eigenvalue weighted by molar-refractivity contribution is 6.30. The number of nitrogens with zero attached hydrogens (tertiary/aromatic N) is 1. The Balaban J connectivity index is 0.00000176. The number of carbonyl (C=O) groups excluding carboxylic acids is 2. The van der Waals surface area contributed by atoms with Crippen LogP contribution in [0.3, 0.4) is 0 Å². The first-order valence-corrected chi connectivity index (χ1v) is 10.4. The quantitative estimate of drug-likeness (QED) is 0.520. The molecule has 0 spiro atoms. The number of ether oxygens (including phenoxy) is 2. The topological polar surface area (TPSA) is 81.9 Å². The predicted octanol–water partition coefficient (Wildman–Crippen LogP) is 4.34. The van der Waals surface area contributed by atoms with Crippen LogP contribution < -0.4 is 15.2 Å². The summed E-state index contributed by atoms with van der Waals surface area (Å²) in [4.78, 5) is 22.6. The number of methoxy groups -OCH3 is 1. The van der Waals surface area contributed by atoms with Gasteiger partial charge in [0.05, 0.1) is 7.11 Å². The second-order valence-electron chi connectivity index (χ2n) is 6.78. The standard InChI is InChI=1S/C24H25ClN2O3.CH2O/c1-29-23-15-19(9-12-22(23)30-17-18-7-10-21(25)11-8-18)16-27(14-13-26)24(28)20-5-3-2-4-6-20;1-2/h2-12,15H,13-14,16-17,26H2,1H3;1H2. The Morgan fingerprint density at radius 3 is 2.25 bits per heavy atom. The fourth-order valence-electron chi connectivity index (χ4n) is 3.06. The molecule has 0 saturated carbocycles. The molecule has 168 valence electrons. The summed E-state index contributed by atoms with van der Waals surface area (Å²) in [5.74, 6) is 1.19. The molecule has 3 rings (SSSR count). The first-order chi connectivity index (χ1) is 15.6.